The Bertz CT molecular complexity index is 982. The first-order chi connectivity index (χ1) is 14.0. The molecule has 1 N–H and O–H groups in total. The molecule has 4 rings (SSSR count). The van der Waals surface area contributed by atoms with Crippen LogP contribution in [0.5, 0.6) is 0 Å². The van der Waals surface area contributed by atoms with Crippen molar-refractivity contribution >= 4 is 22.8 Å². The van der Waals surface area contributed by atoms with Crippen molar-refractivity contribution in [1.82, 2.24) is 15.3 Å². The lowest BCUT2D eigenvalue weighted by atomic mass is 9.85. The Labute approximate surface area is 173 Å². The van der Waals surface area contributed by atoms with E-state index in [9.17, 15) is 0 Å². The second-order valence-corrected chi connectivity index (χ2v) is 8.86. The van der Waals surface area contributed by atoms with Crippen molar-refractivity contribution in [2.24, 2.45) is 16.8 Å². The third-order valence-corrected chi connectivity index (χ3v) is 5.81. The topological polar surface area (TPSA) is 50.2 Å². The highest BCUT2D eigenvalue weighted by atomic mass is 14.9. The molecule has 0 spiro atoms. The minimum Gasteiger partial charge on any atom is -0.314 e. The van der Waals surface area contributed by atoms with Crippen LogP contribution in [-0.4, -0.2) is 28.4 Å². The van der Waals surface area contributed by atoms with Gasteiger partial charge >= 0.3 is 0 Å². The van der Waals surface area contributed by atoms with Crippen molar-refractivity contribution in [3.63, 3.8) is 0 Å². The molecule has 0 bridgehead atoms. The number of pyridine rings is 2. The maximum Gasteiger partial charge on any atom is 0.170 e. The fraction of sp³-hybridized carbons (Fsp3) is 0.440. The molecule has 2 aromatic heterocycles. The number of piperidine rings is 1. The molecule has 2 aliphatic heterocycles. The Kier molecular flexibility index (Phi) is 5.75. The van der Waals surface area contributed by atoms with Crippen LogP contribution in [0.2, 0.25) is 0 Å². The Morgan fingerprint density at radius 3 is 3.00 bits per heavy atom. The van der Waals surface area contributed by atoms with E-state index in [-0.39, 0.29) is 0 Å². The van der Waals surface area contributed by atoms with Crippen LogP contribution in [-0.2, 0) is 6.42 Å². The quantitative estimate of drug-likeness (QED) is 0.632. The van der Waals surface area contributed by atoms with E-state index in [1.165, 1.54) is 19.3 Å². The van der Waals surface area contributed by atoms with Crippen LogP contribution in [0.4, 0.5) is 5.82 Å². The predicted octanol–water partition coefficient (Wildman–Crippen LogP) is 5.21. The zero-order valence-corrected chi connectivity index (χ0v) is 17.7. The molecule has 4 heterocycles. The third-order valence-electron chi connectivity index (χ3n) is 5.81. The first-order valence-electron chi connectivity index (χ1n) is 10.7. The monoisotopic (exact) mass is 386 g/mol. The number of hydrogen-bond acceptors (Lipinski definition) is 4. The third kappa shape index (κ3) is 4.55. The van der Waals surface area contributed by atoms with Crippen LogP contribution in [0.3, 0.4) is 0 Å². The number of fused-ring (bicyclic) bond motifs is 1. The van der Waals surface area contributed by atoms with Crippen molar-refractivity contribution in [2.75, 3.05) is 6.54 Å². The highest BCUT2D eigenvalue weighted by molar-refractivity contribution is 6.04. The normalized spacial score (nSPS) is 20.6. The van der Waals surface area contributed by atoms with Crippen molar-refractivity contribution in [1.29, 1.82) is 0 Å². The molecule has 150 valence electrons. The average Bonchev–Trinajstić information content (AvgIpc) is 3.11. The summed E-state index contributed by atoms with van der Waals surface area (Å²) in [6.45, 7) is 11.9. The SMILES string of the molecule is C=C(C)c1cc(CC2CCNC(CC(C)C)C2)nc(C2=C=Nc3ncccc32)c1. The molecule has 4 heteroatoms. The second kappa shape index (κ2) is 8.44. The van der Waals surface area contributed by atoms with Gasteiger partial charge in [0.2, 0.25) is 0 Å². The maximum absolute atomic E-state index is 5.03. The second-order valence-electron chi connectivity index (χ2n) is 8.86. The van der Waals surface area contributed by atoms with E-state index in [0.717, 1.165) is 58.4 Å². The van der Waals surface area contributed by atoms with Gasteiger partial charge in [0.15, 0.2) is 5.82 Å². The van der Waals surface area contributed by atoms with E-state index in [2.05, 4.69) is 60.6 Å². The summed E-state index contributed by atoms with van der Waals surface area (Å²) in [6, 6.07) is 8.92. The predicted molar refractivity (Wildman–Crippen MR) is 120 cm³/mol. The van der Waals surface area contributed by atoms with Crippen LogP contribution >= 0.6 is 0 Å². The van der Waals surface area contributed by atoms with Gasteiger partial charge in [-0.15, -0.1) is 0 Å². The molecule has 0 aliphatic carbocycles. The molecule has 1 fully saturated rings. The minimum absolute atomic E-state index is 0.625. The number of aromatic nitrogens is 2. The van der Waals surface area contributed by atoms with Gasteiger partial charge in [-0.3, -0.25) is 4.98 Å². The van der Waals surface area contributed by atoms with Crippen molar-refractivity contribution < 1.29 is 0 Å². The Morgan fingerprint density at radius 2 is 2.21 bits per heavy atom. The Morgan fingerprint density at radius 1 is 1.34 bits per heavy atom. The summed E-state index contributed by atoms with van der Waals surface area (Å²) >= 11 is 0. The van der Waals surface area contributed by atoms with Crippen LogP contribution in [0.15, 0.2) is 42.0 Å². The van der Waals surface area contributed by atoms with Crippen LogP contribution in [0, 0.1) is 11.8 Å². The fourth-order valence-electron chi connectivity index (χ4n) is 4.44. The van der Waals surface area contributed by atoms with E-state index in [1.54, 1.807) is 6.20 Å². The number of rotatable bonds is 6. The first-order valence-corrected chi connectivity index (χ1v) is 10.7. The van der Waals surface area contributed by atoms with Crippen LogP contribution in [0.1, 0.15) is 62.5 Å². The molecule has 0 aromatic carbocycles. The molecule has 0 radical (unpaired) electrons. The van der Waals surface area contributed by atoms with Gasteiger partial charge < -0.3 is 5.32 Å². The molecule has 29 heavy (non-hydrogen) atoms. The molecule has 2 unspecified atom stereocenters. The van der Waals surface area contributed by atoms with Crippen LogP contribution in [0.25, 0.3) is 11.1 Å². The Balaban J connectivity index is 1.60. The van der Waals surface area contributed by atoms with Crippen molar-refractivity contribution in [2.45, 2.75) is 52.5 Å². The van der Waals surface area contributed by atoms with E-state index in [4.69, 9.17) is 4.98 Å². The summed E-state index contributed by atoms with van der Waals surface area (Å²) in [7, 11) is 0. The van der Waals surface area contributed by atoms with Gasteiger partial charge in [-0.1, -0.05) is 26.0 Å². The van der Waals surface area contributed by atoms with Gasteiger partial charge in [-0.25, -0.2) is 4.98 Å². The highest BCUT2D eigenvalue weighted by Crippen LogP contribution is 2.32. The van der Waals surface area contributed by atoms with Crippen molar-refractivity contribution in [3.8, 4) is 0 Å². The minimum atomic E-state index is 0.625. The number of allylic oxidation sites excluding steroid dienone is 1. The first kappa shape index (κ1) is 19.8. The zero-order chi connectivity index (χ0) is 20.4. The molecule has 2 aliphatic rings. The van der Waals surface area contributed by atoms with Gasteiger partial charge in [0.25, 0.3) is 0 Å². The highest BCUT2D eigenvalue weighted by Gasteiger charge is 2.24. The van der Waals surface area contributed by atoms with Gasteiger partial charge in [-0.05, 0) is 80.8 Å². The smallest absolute Gasteiger partial charge is 0.170 e. The lowest BCUT2D eigenvalue weighted by molar-refractivity contribution is 0.270. The average molecular weight is 387 g/mol. The largest absolute Gasteiger partial charge is 0.314 e. The summed E-state index contributed by atoms with van der Waals surface area (Å²) in [4.78, 5) is 13.7. The number of hydrogen-bond donors (Lipinski definition) is 1. The standard InChI is InChI=1S/C25H30N4/c1-16(2)10-20-11-18(7-9-26-20)12-21-13-19(17(3)4)14-24(29-21)23-15-28-25-22(23)6-5-8-27-25/h5-6,8,13-14,16,18,20,26H,3,7,9-12H2,1-2,4H3. The van der Waals surface area contributed by atoms with E-state index in [1.807, 2.05) is 12.1 Å². The van der Waals surface area contributed by atoms with E-state index in [0.29, 0.717) is 12.0 Å². The molecular formula is C25H30N4. The molecule has 4 nitrogen and oxygen atoms in total. The summed E-state index contributed by atoms with van der Waals surface area (Å²) < 4.78 is 0. The number of nitrogens with zero attached hydrogens (tertiary/aromatic N) is 3. The molecule has 0 saturated carbocycles. The molecular weight excluding hydrogens is 356 g/mol. The fourth-order valence-corrected chi connectivity index (χ4v) is 4.44. The van der Waals surface area contributed by atoms with Gasteiger partial charge in [0, 0.05) is 29.4 Å². The molecule has 0 amide bonds. The summed E-state index contributed by atoms with van der Waals surface area (Å²) in [5.74, 6) is 5.26. The number of nitrogens with one attached hydrogen (secondary N) is 1. The van der Waals surface area contributed by atoms with Gasteiger partial charge in [0.05, 0.1) is 11.3 Å². The summed E-state index contributed by atoms with van der Waals surface area (Å²) in [6.07, 6.45) is 6.45. The lowest BCUT2D eigenvalue weighted by Gasteiger charge is -2.31. The zero-order valence-electron chi connectivity index (χ0n) is 17.7. The summed E-state index contributed by atoms with van der Waals surface area (Å²) in [5.41, 5.74) is 6.19. The van der Waals surface area contributed by atoms with Crippen LogP contribution < -0.4 is 5.32 Å². The molecule has 2 aromatic rings. The van der Waals surface area contributed by atoms with Gasteiger partial charge in [0.1, 0.15) is 0 Å². The molecule has 1 saturated heterocycles. The molecule has 2 atom stereocenters. The Hall–Kier alpha value is -2.55. The summed E-state index contributed by atoms with van der Waals surface area (Å²) in [5, 5.41) is 3.69. The van der Waals surface area contributed by atoms with E-state index < -0.39 is 0 Å². The van der Waals surface area contributed by atoms with Gasteiger partial charge in [-0.2, -0.15) is 4.99 Å². The van der Waals surface area contributed by atoms with E-state index >= 15 is 0 Å². The van der Waals surface area contributed by atoms with Crippen molar-refractivity contribution in [3.05, 3.63) is 59.6 Å². The number of aliphatic imine (C=N–C) groups is 1. The lowest BCUT2D eigenvalue weighted by Crippen LogP contribution is -2.39. The maximum atomic E-state index is 5.03.